The number of hydrogen-bond acceptors (Lipinski definition) is 7. The third-order valence-electron chi connectivity index (χ3n) is 4.26. The van der Waals surface area contributed by atoms with E-state index in [0.717, 1.165) is 25.1 Å². The molecule has 0 saturated heterocycles. The first-order valence-corrected chi connectivity index (χ1v) is 9.54. The molecule has 2 aliphatic heterocycles. The van der Waals surface area contributed by atoms with Crippen LogP contribution in [-0.4, -0.2) is 23.1 Å². The summed E-state index contributed by atoms with van der Waals surface area (Å²) in [7, 11) is -3.28. The Kier molecular flexibility index (Phi) is 4.74. The highest BCUT2D eigenvalue weighted by Crippen LogP contribution is 2.34. The molecule has 0 radical (unpaired) electrons. The maximum atomic E-state index is 14.1. The number of nitrogens with zero attached hydrogens (tertiary/aromatic N) is 2. The van der Waals surface area contributed by atoms with Crippen LogP contribution in [0.5, 0.6) is 11.8 Å². The van der Waals surface area contributed by atoms with Gasteiger partial charge in [-0.3, -0.25) is 0 Å². The molecule has 0 amide bonds. The van der Waals surface area contributed by atoms with E-state index in [1.54, 1.807) is 0 Å². The summed E-state index contributed by atoms with van der Waals surface area (Å²) in [6.07, 6.45) is 2.13. The predicted octanol–water partition coefficient (Wildman–Crippen LogP) is 2.61. The zero-order valence-corrected chi connectivity index (χ0v) is 14.8. The second kappa shape index (κ2) is 7.17. The number of halogens is 2. The van der Waals surface area contributed by atoms with Crippen LogP contribution < -0.4 is 19.7 Å². The Hall–Kier alpha value is -2.25. The lowest BCUT2D eigenvalue weighted by Crippen LogP contribution is -2.24. The van der Waals surface area contributed by atoms with Crippen molar-refractivity contribution in [3.05, 3.63) is 40.7 Å². The number of nitrogens with one attached hydrogen (secondary N) is 2. The van der Waals surface area contributed by atoms with Gasteiger partial charge < -0.3 is 19.7 Å². The number of pyridine rings is 2. The van der Waals surface area contributed by atoms with Crippen molar-refractivity contribution in [2.75, 3.05) is 18.4 Å². The number of aryl methyl sites for hydroxylation is 1. The van der Waals surface area contributed by atoms with Gasteiger partial charge in [0.2, 0.25) is 0 Å². The molecule has 0 saturated carbocycles. The average molecular weight is 382 g/mol. The van der Waals surface area contributed by atoms with Crippen LogP contribution in [0.1, 0.15) is 23.4 Å². The van der Waals surface area contributed by atoms with Crippen LogP contribution in [0.4, 0.5) is 14.5 Å². The molecule has 1 unspecified atom stereocenters. The molecule has 2 aromatic heterocycles. The van der Waals surface area contributed by atoms with Gasteiger partial charge in [-0.2, -0.15) is 0 Å². The van der Waals surface area contributed by atoms with Gasteiger partial charge in [0.25, 0.3) is 11.8 Å². The molecule has 0 spiro atoms. The fourth-order valence-electron chi connectivity index (χ4n) is 3.00. The van der Waals surface area contributed by atoms with Crippen molar-refractivity contribution in [1.82, 2.24) is 15.3 Å². The molecule has 4 rings (SSSR count). The Balaban J connectivity index is 1.51. The number of anilines is 1. The fraction of sp³-hybridized carbons (Fsp3) is 0.375. The lowest BCUT2D eigenvalue weighted by molar-refractivity contribution is 0.376. The van der Waals surface area contributed by atoms with E-state index in [9.17, 15) is 13.3 Å². The largest absolute Gasteiger partial charge is 0.421 e. The van der Waals surface area contributed by atoms with Crippen molar-refractivity contribution in [2.24, 2.45) is 0 Å². The fourth-order valence-corrected chi connectivity index (χ4v) is 3.64. The molecule has 26 heavy (non-hydrogen) atoms. The van der Waals surface area contributed by atoms with Crippen LogP contribution in [0.25, 0.3) is 0 Å². The van der Waals surface area contributed by atoms with Crippen LogP contribution in [-0.2, 0) is 24.0 Å². The summed E-state index contributed by atoms with van der Waals surface area (Å²) in [5.41, 5.74) is 2.64. The van der Waals surface area contributed by atoms with E-state index in [4.69, 9.17) is 9.05 Å². The zero-order chi connectivity index (χ0) is 18.1. The maximum absolute atomic E-state index is 14.1. The van der Waals surface area contributed by atoms with Crippen LogP contribution >= 0.6 is 8.25 Å². The van der Waals surface area contributed by atoms with Gasteiger partial charge in [-0.1, -0.05) is 0 Å². The lowest BCUT2D eigenvalue weighted by Gasteiger charge is -2.18. The molecule has 1 atom stereocenters. The quantitative estimate of drug-likeness (QED) is 0.787. The third-order valence-corrected chi connectivity index (χ3v) is 4.98. The lowest BCUT2D eigenvalue weighted by atomic mass is 10.1. The second-order valence-electron chi connectivity index (χ2n) is 6.06. The summed E-state index contributed by atoms with van der Waals surface area (Å²) in [6.45, 7) is 1.98. The van der Waals surface area contributed by atoms with E-state index in [-0.39, 0.29) is 0 Å². The van der Waals surface area contributed by atoms with Gasteiger partial charge in [0.15, 0.2) is 11.6 Å². The van der Waals surface area contributed by atoms with E-state index in [1.807, 2.05) is 0 Å². The number of aromatic nitrogens is 2. The van der Waals surface area contributed by atoms with Gasteiger partial charge in [0, 0.05) is 32.1 Å². The SMILES string of the molecule is O=[PH](Oc1nc2c(cc1F)CNCC2)Oc1nc2c(cc1F)NCCC2. The molecule has 10 heteroatoms. The summed E-state index contributed by atoms with van der Waals surface area (Å²) in [5.74, 6) is -2.32. The molecule has 0 fully saturated rings. The van der Waals surface area contributed by atoms with Crippen molar-refractivity contribution in [1.29, 1.82) is 0 Å². The summed E-state index contributed by atoms with van der Waals surface area (Å²) < 4.78 is 50.3. The predicted molar refractivity (Wildman–Crippen MR) is 90.9 cm³/mol. The van der Waals surface area contributed by atoms with E-state index in [1.165, 1.54) is 12.1 Å². The first-order valence-electron chi connectivity index (χ1n) is 8.32. The molecular weight excluding hydrogens is 365 g/mol. The monoisotopic (exact) mass is 382 g/mol. The topological polar surface area (TPSA) is 85.4 Å². The first-order chi connectivity index (χ1) is 12.6. The van der Waals surface area contributed by atoms with Crippen molar-refractivity contribution < 1.29 is 22.4 Å². The maximum Gasteiger partial charge on any atom is 0.421 e. The Bertz CT molecular complexity index is 812. The summed E-state index contributed by atoms with van der Waals surface area (Å²) in [4.78, 5) is 8.12. The number of hydrogen-bond donors (Lipinski definition) is 2. The van der Waals surface area contributed by atoms with Crippen LogP contribution in [0.15, 0.2) is 12.1 Å². The zero-order valence-electron chi connectivity index (χ0n) is 13.8. The molecule has 2 aromatic rings. The Morgan fingerprint density at radius 1 is 1.00 bits per heavy atom. The summed E-state index contributed by atoms with van der Waals surface area (Å²) in [5, 5.41) is 6.15. The minimum absolute atomic E-state index is 0.408. The molecule has 0 aliphatic carbocycles. The van der Waals surface area contributed by atoms with Crippen LogP contribution in [0, 0.1) is 11.6 Å². The van der Waals surface area contributed by atoms with Crippen molar-refractivity contribution in [3.63, 3.8) is 0 Å². The van der Waals surface area contributed by atoms with Crippen molar-refractivity contribution in [3.8, 4) is 11.8 Å². The molecule has 7 nitrogen and oxygen atoms in total. The number of fused-ring (bicyclic) bond motifs is 2. The van der Waals surface area contributed by atoms with E-state index in [2.05, 4.69) is 20.6 Å². The normalized spacial score (nSPS) is 16.8. The Labute approximate surface area is 149 Å². The number of rotatable bonds is 4. The van der Waals surface area contributed by atoms with Gasteiger partial charge in [0.05, 0.1) is 17.1 Å². The molecule has 0 aromatic carbocycles. The third kappa shape index (κ3) is 3.50. The van der Waals surface area contributed by atoms with Crippen molar-refractivity contribution >= 4 is 13.9 Å². The highest BCUT2D eigenvalue weighted by molar-refractivity contribution is 7.34. The van der Waals surface area contributed by atoms with E-state index in [0.29, 0.717) is 36.5 Å². The second-order valence-corrected chi connectivity index (χ2v) is 6.97. The highest BCUT2D eigenvalue weighted by Gasteiger charge is 2.20. The smallest absolute Gasteiger partial charge is 0.396 e. The minimum Gasteiger partial charge on any atom is -0.396 e. The van der Waals surface area contributed by atoms with E-state index < -0.39 is 31.6 Å². The highest BCUT2D eigenvalue weighted by atomic mass is 31.1. The standard InChI is InChI=1S/C16H17F2N4O3P/c17-10-6-9-8-19-5-3-12(9)21-15(10)24-26(23)25-16-11(18)7-14-13(22-16)2-1-4-20-14/h6-7,19-20,26H,1-5,8H2. The van der Waals surface area contributed by atoms with Gasteiger partial charge in [-0.05, 0) is 24.5 Å². The summed E-state index contributed by atoms with van der Waals surface area (Å²) >= 11 is 0. The molecule has 4 heterocycles. The average Bonchev–Trinajstić information content (AvgIpc) is 2.63. The van der Waals surface area contributed by atoms with Gasteiger partial charge in [0.1, 0.15) is 0 Å². The molecule has 2 N–H and O–H groups in total. The molecule has 2 aliphatic rings. The van der Waals surface area contributed by atoms with Crippen LogP contribution in [0.2, 0.25) is 0 Å². The Morgan fingerprint density at radius 2 is 1.73 bits per heavy atom. The summed E-state index contributed by atoms with van der Waals surface area (Å²) in [6, 6.07) is 2.54. The van der Waals surface area contributed by atoms with Crippen molar-refractivity contribution in [2.45, 2.75) is 25.8 Å². The Morgan fingerprint density at radius 3 is 2.54 bits per heavy atom. The molecular formula is C16H17F2N4O3P. The van der Waals surface area contributed by atoms with Crippen LogP contribution in [0.3, 0.4) is 0 Å². The minimum atomic E-state index is -3.28. The van der Waals surface area contributed by atoms with Gasteiger partial charge in [-0.25, -0.2) is 23.3 Å². The van der Waals surface area contributed by atoms with Gasteiger partial charge >= 0.3 is 8.25 Å². The van der Waals surface area contributed by atoms with E-state index >= 15 is 0 Å². The molecule has 0 bridgehead atoms. The van der Waals surface area contributed by atoms with Gasteiger partial charge in [-0.15, -0.1) is 0 Å². The first kappa shape index (κ1) is 17.2. The molecule has 138 valence electrons.